The van der Waals surface area contributed by atoms with Crippen LogP contribution in [0.5, 0.6) is 0 Å². The maximum atomic E-state index is 14.5. The SMILES string of the molecule is CC(C)CC(=O)[C@H]1CN(c2cnc3ccc(-c4cn[nH]c4-c4cc(Cl)ccc4F)nc3c2)CCN1. The van der Waals surface area contributed by atoms with E-state index in [-0.39, 0.29) is 11.8 Å². The largest absolute Gasteiger partial charge is 0.367 e. The first-order chi connectivity index (χ1) is 16.9. The summed E-state index contributed by atoms with van der Waals surface area (Å²) < 4.78 is 14.5. The molecule has 1 aromatic carbocycles. The molecule has 1 aliphatic rings. The van der Waals surface area contributed by atoms with E-state index in [1.165, 1.54) is 12.1 Å². The second kappa shape index (κ2) is 9.71. The minimum absolute atomic E-state index is 0.192. The zero-order chi connectivity index (χ0) is 24.5. The summed E-state index contributed by atoms with van der Waals surface area (Å²) in [4.78, 5) is 24.2. The van der Waals surface area contributed by atoms with Gasteiger partial charge in [-0.2, -0.15) is 5.10 Å². The quantitative estimate of drug-likeness (QED) is 0.399. The van der Waals surface area contributed by atoms with Crippen LogP contribution in [-0.2, 0) is 4.79 Å². The number of carbonyl (C=O) groups excluding carboxylic acids is 1. The smallest absolute Gasteiger partial charge is 0.151 e. The van der Waals surface area contributed by atoms with Crippen LogP contribution >= 0.6 is 11.6 Å². The van der Waals surface area contributed by atoms with E-state index in [1.54, 1.807) is 12.3 Å². The Morgan fingerprint density at radius 2 is 2.03 bits per heavy atom. The molecule has 180 valence electrons. The molecular weight excluding hydrogens is 467 g/mol. The summed E-state index contributed by atoms with van der Waals surface area (Å²) in [6.07, 6.45) is 4.01. The second-order valence-electron chi connectivity index (χ2n) is 9.23. The number of aromatic amines is 1. The molecule has 7 nitrogen and oxygen atoms in total. The average Bonchev–Trinajstić information content (AvgIpc) is 3.34. The van der Waals surface area contributed by atoms with Crippen LogP contribution in [0.4, 0.5) is 10.1 Å². The van der Waals surface area contributed by atoms with Crippen molar-refractivity contribution in [3.8, 4) is 22.5 Å². The molecule has 5 rings (SSSR count). The normalized spacial score (nSPS) is 16.3. The molecule has 3 aromatic heterocycles. The number of hydrogen-bond acceptors (Lipinski definition) is 6. The lowest BCUT2D eigenvalue weighted by Crippen LogP contribution is -2.54. The number of hydrogen-bond donors (Lipinski definition) is 2. The molecule has 35 heavy (non-hydrogen) atoms. The molecule has 0 unspecified atom stereocenters. The Labute approximate surface area is 207 Å². The summed E-state index contributed by atoms with van der Waals surface area (Å²) in [5.74, 6) is 0.169. The number of carbonyl (C=O) groups is 1. The topological polar surface area (TPSA) is 86.8 Å². The van der Waals surface area contributed by atoms with Crippen LogP contribution in [-0.4, -0.2) is 51.6 Å². The van der Waals surface area contributed by atoms with Crippen molar-refractivity contribution in [2.24, 2.45) is 5.92 Å². The minimum Gasteiger partial charge on any atom is -0.367 e. The number of H-pyrrole nitrogens is 1. The van der Waals surface area contributed by atoms with E-state index < -0.39 is 5.82 Å². The molecule has 1 aliphatic heterocycles. The van der Waals surface area contributed by atoms with Crippen molar-refractivity contribution >= 4 is 34.1 Å². The van der Waals surface area contributed by atoms with Crippen molar-refractivity contribution in [1.82, 2.24) is 25.5 Å². The Bertz CT molecular complexity index is 1390. The van der Waals surface area contributed by atoms with E-state index in [9.17, 15) is 9.18 Å². The molecule has 0 saturated carbocycles. The van der Waals surface area contributed by atoms with Gasteiger partial charge < -0.3 is 10.2 Å². The summed E-state index contributed by atoms with van der Waals surface area (Å²) in [7, 11) is 0. The van der Waals surface area contributed by atoms with Gasteiger partial charge in [0.05, 0.1) is 46.5 Å². The van der Waals surface area contributed by atoms with Gasteiger partial charge in [0.1, 0.15) is 5.82 Å². The molecular formula is C26H26ClFN6O. The van der Waals surface area contributed by atoms with Crippen molar-refractivity contribution < 1.29 is 9.18 Å². The molecule has 0 spiro atoms. The van der Waals surface area contributed by atoms with E-state index in [0.717, 1.165) is 24.3 Å². The molecule has 4 aromatic rings. The molecule has 0 aliphatic carbocycles. The summed E-state index contributed by atoms with van der Waals surface area (Å²) in [5.41, 5.74) is 4.52. The molecule has 0 radical (unpaired) electrons. The van der Waals surface area contributed by atoms with Gasteiger partial charge in [-0.25, -0.2) is 9.37 Å². The number of pyridine rings is 2. The van der Waals surface area contributed by atoms with Gasteiger partial charge in [-0.05, 0) is 42.3 Å². The standard InChI is InChI=1S/C26H26ClFN6O/c1-15(2)9-25(35)24-14-34(8-7-29-24)17-11-23-22(30-12-17)6-5-21(32-23)19-13-31-33-26(19)18-10-16(27)3-4-20(18)28/h3-6,10-13,15,24,29H,7-9,14H2,1-2H3,(H,31,33)/t24-/m1/s1. The molecule has 2 N–H and O–H groups in total. The van der Waals surface area contributed by atoms with Crippen molar-refractivity contribution in [3.63, 3.8) is 0 Å². The fourth-order valence-electron chi connectivity index (χ4n) is 4.44. The number of fused-ring (bicyclic) bond motifs is 1. The Hall–Kier alpha value is -3.36. The highest BCUT2D eigenvalue weighted by Crippen LogP contribution is 2.33. The van der Waals surface area contributed by atoms with Gasteiger partial charge in [0.2, 0.25) is 0 Å². The maximum absolute atomic E-state index is 14.5. The minimum atomic E-state index is -0.398. The van der Waals surface area contributed by atoms with Crippen LogP contribution in [0.1, 0.15) is 20.3 Å². The van der Waals surface area contributed by atoms with Crippen molar-refractivity contribution in [3.05, 3.63) is 59.6 Å². The Kier molecular flexibility index (Phi) is 6.49. The number of ketones is 1. The van der Waals surface area contributed by atoms with Gasteiger partial charge in [-0.1, -0.05) is 25.4 Å². The molecule has 9 heteroatoms. The molecule has 0 amide bonds. The van der Waals surface area contributed by atoms with Gasteiger partial charge in [0.15, 0.2) is 5.78 Å². The van der Waals surface area contributed by atoms with Gasteiger partial charge in [-0.3, -0.25) is 14.9 Å². The highest BCUT2D eigenvalue weighted by atomic mass is 35.5. The Balaban J connectivity index is 1.46. The number of rotatable bonds is 6. The third kappa shape index (κ3) is 4.90. The highest BCUT2D eigenvalue weighted by Gasteiger charge is 2.26. The number of piperazine rings is 1. The second-order valence-corrected chi connectivity index (χ2v) is 9.66. The summed E-state index contributed by atoms with van der Waals surface area (Å²) >= 11 is 6.10. The zero-order valence-corrected chi connectivity index (χ0v) is 20.3. The van der Waals surface area contributed by atoms with E-state index in [4.69, 9.17) is 16.6 Å². The van der Waals surface area contributed by atoms with Crippen LogP contribution < -0.4 is 10.2 Å². The molecule has 1 atom stereocenters. The molecule has 4 heterocycles. The van der Waals surface area contributed by atoms with Crippen LogP contribution in [0.15, 0.2) is 48.8 Å². The van der Waals surface area contributed by atoms with Gasteiger partial charge in [0.25, 0.3) is 0 Å². The molecule has 0 bridgehead atoms. The number of nitrogens with zero attached hydrogens (tertiary/aromatic N) is 4. The molecule has 1 saturated heterocycles. The van der Waals surface area contributed by atoms with Crippen molar-refractivity contribution in [1.29, 1.82) is 0 Å². The predicted octanol–water partition coefficient (Wildman–Crippen LogP) is 4.87. The number of nitrogens with one attached hydrogen (secondary N) is 2. The number of halogens is 2. The van der Waals surface area contributed by atoms with Crippen molar-refractivity contribution in [2.75, 3.05) is 24.5 Å². The van der Waals surface area contributed by atoms with Crippen LogP contribution in [0.3, 0.4) is 0 Å². The van der Waals surface area contributed by atoms with Crippen LogP contribution in [0, 0.1) is 11.7 Å². The summed E-state index contributed by atoms with van der Waals surface area (Å²) in [5, 5.41) is 10.8. The van der Waals surface area contributed by atoms with Crippen molar-refractivity contribution in [2.45, 2.75) is 26.3 Å². The highest BCUT2D eigenvalue weighted by molar-refractivity contribution is 6.30. The van der Waals surface area contributed by atoms with E-state index in [0.29, 0.717) is 51.9 Å². The lowest BCUT2D eigenvalue weighted by Gasteiger charge is -2.34. The predicted molar refractivity (Wildman–Crippen MR) is 136 cm³/mol. The monoisotopic (exact) mass is 492 g/mol. The fraction of sp³-hybridized carbons (Fsp3) is 0.308. The van der Waals surface area contributed by atoms with Crippen LogP contribution in [0.2, 0.25) is 5.02 Å². The Morgan fingerprint density at radius 1 is 1.17 bits per heavy atom. The first-order valence-corrected chi connectivity index (χ1v) is 12.0. The third-order valence-corrected chi connectivity index (χ3v) is 6.41. The average molecular weight is 493 g/mol. The number of anilines is 1. The number of Topliss-reactive ketones (excluding diaryl/α,β-unsaturated/α-hetero) is 1. The maximum Gasteiger partial charge on any atom is 0.151 e. The first-order valence-electron chi connectivity index (χ1n) is 11.7. The number of benzene rings is 1. The lowest BCUT2D eigenvalue weighted by molar-refractivity contribution is -0.121. The van der Waals surface area contributed by atoms with Gasteiger partial charge >= 0.3 is 0 Å². The van der Waals surface area contributed by atoms with E-state index in [2.05, 4.69) is 39.2 Å². The summed E-state index contributed by atoms with van der Waals surface area (Å²) in [6, 6.07) is 9.93. The zero-order valence-electron chi connectivity index (χ0n) is 19.6. The number of aromatic nitrogens is 4. The first kappa shape index (κ1) is 23.4. The van der Waals surface area contributed by atoms with E-state index in [1.807, 2.05) is 24.4 Å². The Morgan fingerprint density at radius 3 is 2.86 bits per heavy atom. The van der Waals surface area contributed by atoms with E-state index >= 15 is 0 Å². The van der Waals surface area contributed by atoms with Gasteiger partial charge in [-0.15, -0.1) is 0 Å². The van der Waals surface area contributed by atoms with Gasteiger partial charge in [0, 0.05) is 42.2 Å². The van der Waals surface area contributed by atoms with Crippen LogP contribution in [0.25, 0.3) is 33.5 Å². The lowest BCUT2D eigenvalue weighted by atomic mass is 10.00. The third-order valence-electron chi connectivity index (χ3n) is 6.17. The summed E-state index contributed by atoms with van der Waals surface area (Å²) in [6.45, 7) is 6.21. The fourth-order valence-corrected chi connectivity index (χ4v) is 4.61. The molecule has 1 fully saturated rings.